The molecule has 1 N–H and O–H groups in total. The number of aromatic amines is 1. The number of para-hydroxylation sites is 3. The Morgan fingerprint density at radius 2 is 1.74 bits per heavy atom. The largest absolute Gasteiger partial charge is 0.493 e. The quantitative estimate of drug-likeness (QED) is 0.337. The summed E-state index contributed by atoms with van der Waals surface area (Å²) < 4.78 is 12.0. The van der Waals surface area contributed by atoms with Gasteiger partial charge in [-0.3, -0.25) is 0 Å². The summed E-state index contributed by atoms with van der Waals surface area (Å²) in [6.07, 6.45) is 2.02. The van der Waals surface area contributed by atoms with Crippen LogP contribution in [0.25, 0.3) is 32.9 Å². The van der Waals surface area contributed by atoms with Crippen molar-refractivity contribution in [2.75, 3.05) is 14.2 Å². The second kappa shape index (κ2) is 8.06. The number of H-pyrrole nitrogens is 1. The van der Waals surface area contributed by atoms with Crippen LogP contribution >= 0.6 is 22.9 Å². The summed E-state index contributed by atoms with van der Waals surface area (Å²) >= 11 is 8.07. The summed E-state index contributed by atoms with van der Waals surface area (Å²) in [7, 11) is 3.16. The Labute approximate surface area is 187 Å². The van der Waals surface area contributed by atoms with E-state index in [1.54, 1.807) is 25.6 Å². The number of thiazole rings is 1. The molecular weight excluding hydrogens is 430 g/mol. The first-order valence-electron chi connectivity index (χ1n) is 9.60. The zero-order valence-corrected chi connectivity index (χ0v) is 18.4. The van der Waals surface area contributed by atoms with Crippen molar-refractivity contribution in [1.82, 2.24) is 15.0 Å². The summed E-state index contributed by atoms with van der Waals surface area (Å²) in [5.74, 6) is 1.81. The van der Waals surface area contributed by atoms with Crippen molar-refractivity contribution in [3.8, 4) is 11.5 Å². The van der Waals surface area contributed by atoms with Gasteiger partial charge in [0.25, 0.3) is 0 Å². The van der Waals surface area contributed by atoms with Crippen LogP contribution in [0.3, 0.4) is 0 Å². The van der Waals surface area contributed by atoms with Crippen LogP contribution in [-0.2, 0) is 0 Å². The van der Waals surface area contributed by atoms with Crippen LogP contribution in [0.4, 0.5) is 0 Å². The van der Waals surface area contributed by atoms with Gasteiger partial charge in [-0.15, -0.1) is 11.3 Å². The number of methoxy groups -OCH3 is 2. The third-order valence-corrected chi connectivity index (χ3v) is 6.29. The van der Waals surface area contributed by atoms with Gasteiger partial charge < -0.3 is 14.5 Å². The van der Waals surface area contributed by atoms with Gasteiger partial charge in [-0.2, -0.15) is 0 Å². The van der Waals surface area contributed by atoms with Gasteiger partial charge in [0.15, 0.2) is 11.5 Å². The number of aromatic nitrogens is 3. The first-order valence-corrected chi connectivity index (χ1v) is 10.8. The van der Waals surface area contributed by atoms with Crippen LogP contribution in [-0.4, -0.2) is 29.2 Å². The Hall–Kier alpha value is -3.35. The third kappa shape index (κ3) is 3.65. The van der Waals surface area contributed by atoms with E-state index in [0.29, 0.717) is 16.5 Å². The fourth-order valence-electron chi connectivity index (χ4n) is 3.49. The molecule has 5 aromatic rings. The molecule has 5 nitrogen and oxygen atoms in total. The van der Waals surface area contributed by atoms with Crippen LogP contribution in [0, 0.1) is 0 Å². The summed E-state index contributed by atoms with van der Waals surface area (Å²) in [4.78, 5) is 13.1. The molecule has 0 radical (unpaired) electrons. The predicted octanol–water partition coefficient (Wildman–Crippen LogP) is 6.43. The molecule has 154 valence electrons. The highest BCUT2D eigenvalue weighted by Gasteiger charge is 2.17. The molecule has 0 spiro atoms. The molecule has 0 bridgehead atoms. The van der Waals surface area contributed by atoms with Crippen LogP contribution in [0.2, 0.25) is 5.02 Å². The van der Waals surface area contributed by atoms with Gasteiger partial charge in [-0.05, 0) is 48.0 Å². The maximum Gasteiger partial charge on any atom is 0.179 e. The van der Waals surface area contributed by atoms with Gasteiger partial charge in [-0.25, -0.2) is 9.97 Å². The smallest absolute Gasteiger partial charge is 0.179 e. The highest BCUT2D eigenvalue weighted by atomic mass is 35.5. The lowest BCUT2D eigenvalue weighted by molar-refractivity contribution is 0.355. The van der Waals surface area contributed by atoms with Crippen LogP contribution < -0.4 is 9.47 Å². The van der Waals surface area contributed by atoms with Crippen molar-refractivity contribution < 1.29 is 9.47 Å². The van der Waals surface area contributed by atoms with Crippen molar-refractivity contribution in [3.63, 3.8) is 0 Å². The topological polar surface area (TPSA) is 60.0 Å². The van der Waals surface area contributed by atoms with E-state index >= 15 is 0 Å². The Morgan fingerprint density at radius 1 is 0.968 bits per heavy atom. The Balaban J connectivity index is 1.73. The molecule has 2 heterocycles. The normalized spacial score (nSPS) is 11.9. The average Bonchev–Trinajstić information content (AvgIpc) is 3.41. The molecule has 0 saturated carbocycles. The lowest BCUT2D eigenvalue weighted by Gasteiger charge is -2.11. The number of fused-ring (bicyclic) bond motifs is 2. The number of imidazole rings is 1. The Morgan fingerprint density at radius 3 is 2.48 bits per heavy atom. The van der Waals surface area contributed by atoms with Crippen LogP contribution in [0.5, 0.6) is 11.5 Å². The first kappa shape index (κ1) is 19.6. The monoisotopic (exact) mass is 447 g/mol. The SMILES string of the molecule is COc1cc(C=C(c2nc3ccccc3[nH]2)c2nc3ccccc3s2)cc(Cl)c1OC. The molecule has 0 aliphatic heterocycles. The lowest BCUT2D eigenvalue weighted by Crippen LogP contribution is -1.94. The fraction of sp³-hybridized carbons (Fsp3) is 0.0833. The molecule has 0 unspecified atom stereocenters. The molecule has 0 atom stereocenters. The van der Waals surface area contributed by atoms with Crippen LogP contribution in [0.1, 0.15) is 16.4 Å². The van der Waals surface area contributed by atoms with Crippen molar-refractivity contribution in [2.24, 2.45) is 0 Å². The third-order valence-electron chi connectivity index (χ3n) is 4.94. The summed E-state index contributed by atoms with van der Waals surface area (Å²) in [5, 5.41) is 1.34. The highest BCUT2D eigenvalue weighted by Crippen LogP contribution is 2.38. The van der Waals surface area contributed by atoms with Gasteiger partial charge in [0.1, 0.15) is 10.8 Å². The predicted molar refractivity (Wildman–Crippen MR) is 127 cm³/mol. The maximum absolute atomic E-state index is 6.45. The number of rotatable bonds is 5. The molecule has 2 aromatic heterocycles. The Kier molecular flexibility index (Phi) is 5.10. The van der Waals surface area contributed by atoms with Crippen molar-refractivity contribution >= 4 is 55.8 Å². The van der Waals surface area contributed by atoms with E-state index in [4.69, 9.17) is 31.0 Å². The van der Waals surface area contributed by atoms with Gasteiger partial charge in [0.2, 0.25) is 0 Å². The summed E-state index contributed by atoms with van der Waals surface area (Å²) in [6, 6.07) is 19.8. The molecule has 0 fully saturated rings. The number of ether oxygens (including phenoxy) is 2. The van der Waals surface area contributed by atoms with Gasteiger partial charge in [0, 0.05) is 0 Å². The molecule has 31 heavy (non-hydrogen) atoms. The first-order chi connectivity index (χ1) is 15.2. The molecular formula is C24H18ClN3O2S. The number of nitrogens with one attached hydrogen (secondary N) is 1. The minimum atomic E-state index is 0.473. The molecule has 0 aliphatic rings. The minimum Gasteiger partial charge on any atom is -0.493 e. The number of halogens is 1. The van der Waals surface area contributed by atoms with Crippen molar-refractivity contribution in [3.05, 3.63) is 82.1 Å². The second-order valence-corrected chi connectivity index (χ2v) is 8.32. The zero-order chi connectivity index (χ0) is 21.4. The highest BCUT2D eigenvalue weighted by molar-refractivity contribution is 7.19. The average molecular weight is 448 g/mol. The van der Waals surface area contributed by atoms with E-state index < -0.39 is 0 Å². The number of hydrogen-bond donors (Lipinski definition) is 1. The van der Waals surface area contributed by atoms with E-state index in [-0.39, 0.29) is 0 Å². The summed E-state index contributed by atoms with van der Waals surface area (Å²) in [5.41, 5.74) is 4.55. The number of hydrogen-bond acceptors (Lipinski definition) is 5. The summed E-state index contributed by atoms with van der Waals surface area (Å²) in [6.45, 7) is 0. The van der Waals surface area contributed by atoms with E-state index in [2.05, 4.69) is 11.1 Å². The van der Waals surface area contributed by atoms with Gasteiger partial charge in [-0.1, -0.05) is 35.9 Å². The number of benzene rings is 3. The molecule has 5 rings (SSSR count). The molecule has 0 saturated heterocycles. The van der Waals surface area contributed by atoms with Crippen LogP contribution in [0.15, 0.2) is 60.7 Å². The van der Waals surface area contributed by atoms with Gasteiger partial charge >= 0.3 is 0 Å². The van der Waals surface area contributed by atoms with Crippen molar-refractivity contribution in [1.29, 1.82) is 0 Å². The molecule has 3 aromatic carbocycles. The van der Waals surface area contributed by atoms with E-state index in [1.165, 1.54) is 0 Å². The second-order valence-electron chi connectivity index (χ2n) is 6.89. The Bertz CT molecular complexity index is 1300. The zero-order valence-electron chi connectivity index (χ0n) is 16.8. The van der Waals surface area contributed by atoms with E-state index in [0.717, 1.165) is 43.2 Å². The number of nitrogens with zero attached hydrogens (tertiary/aromatic N) is 2. The maximum atomic E-state index is 6.45. The van der Waals surface area contributed by atoms with Gasteiger partial charge in [0.05, 0.1) is 46.1 Å². The van der Waals surface area contributed by atoms with Crippen molar-refractivity contribution in [2.45, 2.75) is 0 Å². The standard InChI is InChI=1S/C24H18ClN3O2S/c1-29-20-13-14(12-16(25)22(20)30-2)11-15(23-26-17-7-3-4-8-18(17)27-23)24-28-19-9-5-6-10-21(19)31-24/h3-13H,1-2H3,(H,26,27). The fourth-order valence-corrected chi connectivity index (χ4v) is 4.77. The minimum absolute atomic E-state index is 0.473. The molecule has 0 amide bonds. The molecule has 7 heteroatoms. The van der Waals surface area contributed by atoms with E-state index in [9.17, 15) is 0 Å². The van der Waals surface area contributed by atoms with E-state index in [1.807, 2.05) is 60.7 Å². The molecule has 0 aliphatic carbocycles. The lowest BCUT2D eigenvalue weighted by atomic mass is 10.1.